The van der Waals surface area contributed by atoms with E-state index in [9.17, 15) is 4.79 Å². The van der Waals surface area contributed by atoms with Crippen LogP contribution in [-0.2, 0) is 0 Å². The van der Waals surface area contributed by atoms with Gasteiger partial charge in [0.25, 0.3) is 5.91 Å². The molecule has 0 unspecified atom stereocenters. The fourth-order valence-electron chi connectivity index (χ4n) is 2.54. The fourth-order valence-corrected chi connectivity index (χ4v) is 3.25. The number of amides is 1. The van der Waals surface area contributed by atoms with Gasteiger partial charge in [0.1, 0.15) is 13.2 Å². The number of ether oxygens (including phenoxy) is 2. The molecule has 0 spiro atoms. The van der Waals surface area contributed by atoms with E-state index in [-0.39, 0.29) is 11.9 Å². The van der Waals surface area contributed by atoms with E-state index >= 15 is 0 Å². The van der Waals surface area contributed by atoms with Gasteiger partial charge in [-0.2, -0.15) is 11.3 Å². The molecule has 1 aliphatic rings. The van der Waals surface area contributed by atoms with E-state index < -0.39 is 0 Å². The zero-order chi connectivity index (χ0) is 16.2. The van der Waals surface area contributed by atoms with Gasteiger partial charge in [-0.1, -0.05) is 0 Å². The molecule has 2 aromatic rings. The first kappa shape index (κ1) is 15.8. The van der Waals surface area contributed by atoms with Crippen molar-refractivity contribution in [2.75, 3.05) is 33.9 Å². The normalized spacial score (nSPS) is 14.6. The van der Waals surface area contributed by atoms with Gasteiger partial charge in [-0.3, -0.25) is 4.79 Å². The van der Waals surface area contributed by atoms with Gasteiger partial charge in [0, 0.05) is 12.1 Å². The number of carbonyl (C=O) groups excluding carboxylic acids is 1. The van der Waals surface area contributed by atoms with E-state index in [0.29, 0.717) is 36.8 Å². The summed E-state index contributed by atoms with van der Waals surface area (Å²) in [5, 5.41) is 7.17. The lowest BCUT2D eigenvalue weighted by Crippen LogP contribution is -2.34. The Labute approximate surface area is 139 Å². The third kappa shape index (κ3) is 3.65. The monoisotopic (exact) mass is 332 g/mol. The first-order chi connectivity index (χ1) is 11.1. The summed E-state index contributed by atoms with van der Waals surface area (Å²) < 4.78 is 11.0. The van der Waals surface area contributed by atoms with Crippen molar-refractivity contribution in [2.24, 2.45) is 0 Å². The van der Waals surface area contributed by atoms with Crippen LogP contribution in [0.5, 0.6) is 11.5 Å². The van der Waals surface area contributed by atoms with Crippen LogP contribution < -0.4 is 14.8 Å². The summed E-state index contributed by atoms with van der Waals surface area (Å²) in [5.41, 5.74) is 1.79. The van der Waals surface area contributed by atoms with Crippen LogP contribution in [0.25, 0.3) is 0 Å². The summed E-state index contributed by atoms with van der Waals surface area (Å²) in [6.45, 7) is 1.61. The molecule has 1 aromatic heterocycles. The Morgan fingerprint density at radius 2 is 2.04 bits per heavy atom. The molecular formula is C17H20N2O3S. The van der Waals surface area contributed by atoms with E-state index in [1.54, 1.807) is 29.5 Å². The Bertz CT molecular complexity index is 670. The highest BCUT2D eigenvalue weighted by Crippen LogP contribution is 2.30. The van der Waals surface area contributed by atoms with Crippen molar-refractivity contribution in [1.82, 2.24) is 10.2 Å². The van der Waals surface area contributed by atoms with Crippen molar-refractivity contribution >= 4 is 17.2 Å². The molecule has 1 aliphatic heterocycles. The van der Waals surface area contributed by atoms with Crippen LogP contribution in [0.1, 0.15) is 22.0 Å². The van der Waals surface area contributed by atoms with E-state index in [4.69, 9.17) is 9.47 Å². The number of nitrogens with one attached hydrogen (secondary N) is 1. The predicted octanol–water partition coefficient (Wildman–Crippen LogP) is 2.55. The number of fused-ring (bicyclic) bond motifs is 1. The van der Waals surface area contributed by atoms with Crippen LogP contribution in [-0.4, -0.2) is 44.7 Å². The van der Waals surface area contributed by atoms with Crippen molar-refractivity contribution in [3.63, 3.8) is 0 Å². The maximum atomic E-state index is 12.4. The summed E-state index contributed by atoms with van der Waals surface area (Å²) >= 11 is 1.66. The summed E-state index contributed by atoms with van der Waals surface area (Å²) in [5.74, 6) is 1.21. The first-order valence-electron chi connectivity index (χ1n) is 7.51. The zero-order valence-corrected chi connectivity index (χ0v) is 14.1. The quantitative estimate of drug-likeness (QED) is 0.914. The highest BCUT2D eigenvalue weighted by Gasteiger charge is 2.18. The van der Waals surface area contributed by atoms with E-state index in [2.05, 4.69) is 27.0 Å². The molecule has 0 aliphatic carbocycles. The molecule has 1 aromatic carbocycles. The molecule has 0 radical (unpaired) electrons. The summed E-state index contributed by atoms with van der Waals surface area (Å²) in [7, 11) is 4.02. The lowest BCUT2D eigenvalue weighted by Gasteiger charge is -2.24. The van der Waals surface area contributed by atoms with Crippen molar-refractivity contribution < 1.29 is 14.3 Å². The van der Waals surface area contributed by atoms with Gasteiger partial charge < -0.3 is 19.7 Å². The van der Waals surface area contributed by atoms with E-state index in [0.717, 1.165) is 0 Å². The average Bonchev–Trinajstić information content (AvgIpc) is 3.08. The molecule has 5 nitrogen and oxygen atoms in total. The van der Waals surface area contributed by atoms with Gasteiger partial charge >= 0.3 is 0 Å². The second-order valence-electron chi connectivity index (χ2n) is 5.60. The van der Waals surface area contributed by atoms with E-state index in [1.165, 1.54) is 5.56 Å². The van der Waals surface area contributed by atoms with Gasteiger partial charge in [-0.15, -0.1) is 0 Å². The first-order valence-corrected chi connectivity index (χ1v) is 8.46. The Kier molecular flexibility index (Phi) is 4.83. The SMILES string of the molecule is CN(C)[C@@H](CNC(=O)c1ccc2c(c1)OCCO2)c1ccsc1. The van der Waals surface area contributed by atoms with Crippen LogP contribution in [0.2, 0.25) is 0 Å². The lowest BCUT2D eigenvalue weighted by atomic mass is 10.1. The van der Waals surface area contributed by atoms with Crippen molar-refractivity contribution in [1.29, 1.82) is 0 Å². The molecule has 3 rings (SSSR count). The van der Waals surface area contributed by atoms with Gasteiger partial charge in [0.15, 0.2) is 11.5 Å². The smallest absolute Gasteiger partial charge is 0.251 e. The highest BCUT2D eigenvalue weighted by atomic mass is 32.1. The second-order valence-corrected chi connectivity index (χ2v) is 6.38. The summed E-state index contributed by atoms with van der Waals surface area (Å²) in [6.07, 6.45) is 0. The Morgan fingerprint density at radius 3 is 2.74 bits per heavy atom. The number of nitrogens with zero attached hydrogens (tertiary/aromatic N) is 1. The minimum atomic E-state index is -0.107. The van der Waals surface area contributed by atoms with Crippen LogP contribution in [0.4, 0.5) is 0 Å². The number of carbonyl (C=O) groups is 1. The Morgan fingerprint density at radius 1 is 1.26 bits per heavy atom. The van der Waals surface area contributed by atoms with E-state index in [1.807, 2.05) is 14.1 Å². The third-order valence-electron chi connectivity index (χ3n) is 3.81. The summed E-state index contributed by atoms with van der Waals surface area (Å²) in [6, 6.07) is 7.52. The van der Waals surface area contributed by atoms with Crippen molar-refractivity contribution in [3.05, 3.63) is 46.2 Å². The Hall–Kier alpha value is -2.05. The largest absolute Gasteiger partial charge is 0.486 e. The molecule has 0 saturated heterocycles. The van der Waals surface area contributed by atoms with Crippen LogP contribution in [0.15, 0.2) is 35.0 Å². The van der Waals surface area contributed by atoms with Crippen LogP contribution in [0, 0.1) is 0 Å². The number of thiophene rings is 1. The predicted molar refractivity (Wildman–Crippen MR) is 90.5 cm³/mol. The molecule has 0 saturated carbocycles. The highest BCUT2D eigenvalue weighted by molar-refractivity contribution is 7.07. The molecule has 0 bridgehead atoms. The van der Waals surface area contributed by atoms with Crippen LogP contribution >= 0.6 is 11.3 Å². The molecule has 1 N–H and O–H groups in total. The van der Waals surface area contributed by atoms with Crippen molar-refractivity contribution in [2.45, 2.75) is 6.04 Å². The maximum absolute atomic E-state index is 12.4. The molecule has 1 atom stereocenters. The number of rotatable bonds is 5. The molecule has 1 amide bonds. The lowest BCUT2D eigenvalue weighted by molar-refractivity contribution is 0.0940. The average molecular weight is 332 g/mol. The number of hydrogen-bond acceptors (Lipinski definition) is 5. The topological polar surface area (TPSA) is 50.8 Å². The van der Waals surface area contributed by atoms with Gasteiger partial charge in [-0.25, -0.2) is 0 Å². The molecule has 122 valence electrons. The van der Waals surface area contributed by atoms with Gasteiger partial charge in [-0.05, 0) is 54.7 Å². The molecule has 2 heterocycles. The maximum Gasteiger partial charge on any atom is 0.251 e. The van der Waals surface area contributed by atoms with Crippen LogP contribution in [0.3, 0.4) is 0 Å². The fraction of sp³-hybridized carbons (Fsp3) is 0.353. The van der Waals surface area contributed by atoms with Gasteiger partial charge in [0.2, 0.25) is 0 Å². The van der Waals surface area contributed by atoms with Crippen molar-refractivity contribution in [3.8, 4) is 11.5 Å². The van der Waals surface area contributed by atoms with Gasteiger partial charge in [0.05, 0.1) is 6.04 Å². The number of hydrogen-bond donors (Lipinski definition) is 1. The molecular weight excluding hydrogens is 312 g/mol. The minimum absolute atomic E-state index is 0.107. The molecule has 0 fully saturated rings. The number of benzene rings is 1. The third-order valence-corrected chi connectivity index (χ3v) is 4.51. The summed E-state index contributed by atoms with van der Waals surface area (Å²) in [4.78, 5) is 14.5. The number of likely N-dealkylation sites (N-methyl/N-ethyl adjacent to an activating group) is 1. The Balaban J connectivity index is 1.67. The second kappa shape index (κ2) is 7.02. The zero-order valence-electron chi connectivity index (χ0n) is 13.2. The molecule has 23 heavy (non-hydrogen) atoms. The minimum Gasteiger partial charge on any atom is -0.486 e. The standard InChI is InChI=1S/C17H20N2O3S/c1-19(2)14(13-5-8-23-11-13)10-18-17(20)12-3-4-15-16(9-12)22-7-6-21-15/h3-5,8-9,11,14H,6-7,10H2,1-2H3,(H,18,20)/t14-/m0/s1. The molecule has 6 heteroatoms.